The summed E-state index contributed by atoms with van der Waals surface area (Å²) >= 11 is 5.93. The topological polar surface area (TPSA) is 49.6 Å². The van der Waals surface area contributed by atoms with E-state index in [1.165, 1.54) is 5.56 Å². The summed E-state index contributed by atoms with van der Waals surface area (Å²) in [6, 6.07) is 7.62. The maximum Gasteiger partial charge on any atom is 0.239 e. The minimum Gasteiger partial charge on any atom is -0.340 e. The van der Waals surface area contributed by atoms with Crippen molar-refractivity contribution in [3.8, 4) is 0 Å². The summed E-state index contributed by atoms with van der Waals surface area (Å²) in [4.78, 5) is 16.8. The van der Waals surface area contributed by atoms with Crippen LogP contribution in [0.3, 0.4) is 0 Å². The molecule has 0 unspecified atom stereocenters. The van der Waals surface area contributed by atoms with Crippen LogP contribution in [0.2, 0.25) is 5.02 Å². The molecule has 2 N–H and O–H groups in total. The van der Waals surface area contributed by atoms with Gasteiger partial charge >= 0.3 is 0 Å². The summed E-state index contributed by atoms with van der Waals surface area (Å²) in [6.07, 6.45) is 1.75. The lowest BCUT2D eigenvalue weighted by atomic mass is 10.0. The predicted molar refractivity (Wildman–Crippen MR) is 110 cm³/mol. The zero-order valence-corrected chi connectivity index (χ0v) is 17.4. The Balaban J connectivity index is 0.00000288. The Morgan fingerprint density at radius 3 is 2.36 bits per heavy atom. The Hall–Kier alpha value is -0.520. The molecule has 1 fully saturated rings. The largest absolute Gasteiger partial charge is 0.340 e. The fourth-order valence-corrected chi connectivity index (χ4v) is 3.17. The molecular formula is C18H30Cl3N3O. The van der Waals surface area contributed by atoms with Crippen LogP contribution < -0.4 is 5.73 Å². The number of hydrogen-bond acceptors (Lipinski definition) is 3. The summed E-state index contributed by atoms with van der Waals surface area (Å²) in [5, 5.41) is 0.764. The molecule has 0 aliphatic carbocycles. The SMILES string of the molecule is CC(C)C[C@H](N)C(=O)N1CCCN(Cc2ccc(Cl)cc2)CC1.Cl.Cl. The van der Waals surface area contributed by atoms with E-state index in [-0.39, 0.29) is 36.8 Å². The van der Waals surface area contributed by atoms with Crippen LogP contribution in [0.15, 0.2) is 24.3 Å². The Kier molecular flexibility index (Phi) is 11.7. The minimum atomic E-state index is -0.363. The molecule has 1 aliphatic heterocycles. The third-order valence-corrected chi connectivity index (χ3v) is 4.51. The van der Waals surface area contributed by atoms with Crippen molar-refractivity contribution in [3.63, 3.8) is 0 Å². The molecule has 0 radical (unpaired) electrons. The molecule has 7 heteroatoms. The van der Waals surface area contributed by atoms with Crippen molar-refractivity contribution in [2.45, 2.75) is 39.3 Å². The van der Waals surface area contributed by atoms with Crippen molar-refractivity contribution in [1.82, 2.24) is 9.80 Å². The smallest absolute Gasteiger partial charge is 0.239 e. The van der Waals surface area contributed by atoms with Crippen molar-refractivity contribution in [1.29, 1.82) is 0 Å². The van der Waals surface area contributed by atoms with Gasteiger partial charge in [-0.1, -0.05) is 37.6 Å². The number of nitrogens with zero attached hydrogens (tertiary/aromatic N) is 2. The first-order valence-electron chi connectivity index (χ1n) is 8.47. The summed E-state index contributed by atoms with van der Waals surface area (Å²) in [5.74, 6) is 0.550. The summed E-state index contributed by atoms with van der Waals surface area (Å²) in [7, 11) is 0. The molecular weight excluding hydrogens is 381 g/mol. The maximum absolute atomic E-state index is 12.5. The van der Waals surface area contributed by atoms with Crippen molar-refractivity contribution in [3.05, 3.63) is 34.9 Å². The molecule has 1 aliphatic rings. The molecule has 25 heavy (non-hydrogen) atoms. The lowest BCUT2D eigenvalue weighted by Gasteiger charge is -2.25. The maximum atomic E-state index is 12.5. The number of rotatable bonds is 5. The van der Waals surface area contributed by atoms with Gasteiger partial charge in [-0.05, 0) is 36.5 Å². The first kappa shape index (κ1) is 24.5. The van der Waals surface area contributed by atoms with E-state index < -0.39 is 0 Å². The van der Waals surface area contributed by atoms with Crippen LogP contribution in [0.5, 0.6) is 0 Å². The van der Waals surface area contributed by atoms with Crippen LogP contribution in [0.4, 0.5) is 0 Å². The van der Waals surface area contributed by atoms with Gasteiger partial charge in [-0.2, -0.15) is 0 Å². The molecule has 1 aromatic rings. The Morgan fingerprint density at radius 2 is 1.76 bits per heavy atom. The summed E-state index contributed by atoms with van der Waals surface area (Å²) < 4.78 is 0. The van der Waals surface area contributed by atoms with Crippen molar-refractivity contribution in [2.24, 2.45) is 11.7 Å². The summed E-state index contributed by atoms with van der Waals surface area (Å²) in [6.45, 7) is 8.57. The van der Waals surface area contributed by atoms with E-state index in [2.05, 4.69) is 30.9 Å². The highest BCUT2D eigenvalue weighted by atomic mass is 35.5. The van der Waals surface area contributed by atoms with Gasteiger partial charge in [0.15, 0.2) is 0 Å². The first-order valence-corrected chi connectivity index (χ1v) is 8.84. The van der Waals surface area contributed by atoms with Gasteiger partial charge in [0.2, 0.25) is 5.91 Å². The van der Waals surface area contributed by atoms with Gasteiger partial charge in [0, 0.05) is 37.7 Å². The monoisotopic (exact) mass is 409 g/mol. The van der Waals surface area contributed by atoms with Gasteiger partial charge in [0.25, 0.3) is 0 Å². The van der Waals surface area contributed by atoms with Crippen LogP contribution >= 0.6 is 36.4 Å². The number of hydrogen-bond donors (Lipinski definition) is 1. The normalized spacial score (nSPS) is 16.6. The Bertz CT molecular complexity index is 511. The molecule has 0 spiro atoms. The zero-order valence-electron chi connectivity index (χ0n) is 15.0. The van der Waals surface area contributed by atoms with Crippen LogP contribution in [0.1, 0.15) is 32.3 Å². The average Bonchev–Trinajstić information content (AvgIpc) is 2.74. The van der Waals surface area contributed by atoms with E-state index in [1.807, 2.05) is 17.0 Å². The second-order valence-corrected chi connectivity index (χ2v) is 7.25. The molecule has 4 nitrogen and oxygen atoms in total. The van der Waals surface area contributed by atoms with E-state index in [0.717, 1.165) is 50.6 Å². The number of benzene rings is 1. The Morgan fingerprint density at radius 1 is 1.12 bits per heavy atom. The molecule has 2 rings (SSSR count). The number of carbonyl (C=O) groups is 1. The van der Waals surface area contributed by atoms with Gasteiger partial charge in [-0.15, -0.1) is 24.8 Å². The first-order chi connectivity index (χ1) is 11.0. The third kappa shape index (κ3) is 8.14. The quantitative estimate of drug-likeness (QED) is 0.807. The highest BCUT2D eigenvalue weighted by Crippen LogP contribution is 2.14. The van der Waals surface area contributed by atoms with Gasteiger partial charge in [-0.25, -0.2) is 0 Å². The molecule has 1 atom stereocenters. The van der Waals surface area contributed by atoms with Crippen molar-refractivity contribution < 1.29 is 4.79 Å². The van der Waals surface area contributed by atoms with Crippen LogP contribution in [0, 0.1) is 5.92 Å². The van der Waals surface area contributed by atoms with Gasteiger partial charge in [0.05, 0.1) is 6.04 Å². The van der Waals surface area contributed by atoms with Crippen molar-refractivity contribution in [2.75, 3.05) is 26.2 Å². The van der Waals surface area contributed by atoms with Crippen molar-refractivity contribution >= 4 is 42.3 Å². The highest BCUT2D eigenvalue weighted by Gasteiger charge is 2.24. The third-order valence-electron chi connectivity index (χ3n) is 4.26. The molecule has 0 saturated carbocycles. The molecule has 1 heterocycles. The standard InChI is InChI=1S/C18H28ClN3O.2ClH/c1-14(2)12-17(20)18(23)22-9-3-8-21(10-11-22)13-15-4-6-16(19)7-5-15;;/h4-7,14,17H,3,8-13,20H2,1-2H3;2*1H/t17-;;/m0../s1. The van der Waals surface area contributed by atoms with Gasteiger partial charge in [-0.3, -0.25) is 9.69 Å². The number of halogens is 3. The molecule has 1 aromatic carbocycles. The fraction of sp³-hybridized carbons (Fsp3) is 0.611. The zero-order chi connectivity index (χ0) is 16.8. The van der Waals surface area contributed by atoms with Crippen LogP contribution in [-0.4, -0.2) is 47.9 Å². The van der Waals surface area contributed by atoms with E-state index in [1.54, 1.807) is 0 Å². The second kappa shape index (κ2) is 12.0. The van der Waals surface area contributed by atoms with E-state index in [4.69, 9.17) is 17.3 Å². The lowest BCUT2D eigenvalue weighted by Crippen LogP contribution is -2.45. The highest BCUT2D eigenvalue weighted by molar-refractivity contribution is 6.30. The minimum absolute atomic E-state index is 0. The van der Waals surface area contributed by atoms with Crippen LogP contribution in [-0.2, 0) is 11.3 Å². The summed E-state index contributed by atoms with van der Waals surface area (Å²) in [5.41, 5.74) is 7.31. The molecule has 1 amide bonds. The van der Waals surface area contributed by atoms with E-state index in [9.17, 15) is 4.79 Å². The predicted octanol–water partition coefficient (Wildman–Crippen LogP) is 3.59. The molecule has 144 valence electrons. The van der Waals surface area contributed by atoms with Crippen LogP contribution in [0.25, 0.3) is 0 Å². The molecule has 1 saturated heterocycles. The van der Waals surface area contributed by atoms with Gasteiger partial charge < -0.3 is 10.6 Å². The Labute approximate surface area is 168 Å². The fourth-order valence-electron chi connectivity index (χ4n) is 3.04. The lowest BCUT2D eigenvalue weighted by molar-refractivity contribution is -0.132. The number of amides is 1. The average molecular weight is 411 g/mol. The van der Waals surface area contributed by atoms with E-state index >= 15 is 0 Å². The number of carbonyl (C=O) groups excluding carboxylic acids is 1. The van der Waals surface area contributed by atoms with Gasteiger partial charge in [0.1, 0.15) is 0 Å². The molecule has 0 bridgehead atoms. The second-order valence-electron chi connectivity index (χ2n) is 6.82. The number of nitrogens with two attached hydrogens (primary N) is 1. The van der Waals surface area contributed by atoms with E-state index in [0.29, 0.717) is 5.92 Å². The molecule has 0 aromatic heterocycles.